The molecule has 32 heavy (non-hydrogen) atoms. The summed E-state index contributed by atoms with van der Waals surface area (Å²) in [4.78, 5) is 25.1. The third-order valence-corrected chi connectivity index (χ3v) is 10.9. The summed E-state index contributed by atoms with van der Waals surface area (Å²) in [6.45, 7) is 13.1. The van der Waals surface area contributed by atoms with Crippen molar-refractivity contribution in [3.63, 3.8) is 0 Å². The van der Waals surface area contributed by atoms with E-state index in [4.69, 9.17) is 0 Å². The van der Waals surface area contributed by atoms with Gasteiger partial charge in [-0.25, -0.2) is 0 Å². The van der Waals surface area contributed by atoms with Crippen molar-refractivity contribution in [2.75, 3.05) is 0 Å². The van der Waals surface area contributed by atoms with Gasteiger partial charge >= 0.3 is 5.97 Å². The van der Waals surface area contributed by atoms with Crippen molar-refractivity contribution in [1.29, 1.82) is 0 Å². The topological polar surface area (TPSA) is 74.6 Å². The highest BCUT2D eigenvalue weighted by atomic mass is 16.4. The van der Waals surface area contributed by atoms with E-state index in [-0.39, 0.29) is 39.6 Å². The summed E-state index contributed by atoms with van der Waals surface area (Å²) in [6, 6.07) is 0. The Labute approximate surface area is 191 Å². The van der Waals surface area contributed by atoms with Gasteiger partial charge in [0.15, 0.2) is 5.76 Å². The van der Waals surface area contributed by atoms with Crippen LogP contribution in [0.15, 0.2) is 46.8 Å². The van der Waals surface area contributed by atoms with E-state index in [1.807, 2.05) is 13.0 Å². The van der Waals surface area contributed by atoms with E-state index in [9.17, 15) is 19.8 Å². The Morgan fingerprint density at radius 2 is 1.84 bits per heavy atom. The maximum absolute atomic E-state index is 12.6. The predicted octanol–water partition coefficient (Wildman–Crippen LogP) is 6.31. The minimum Gasteiger partial charge on any atom is -0.504 e. The number of ketones is 1. The van der Waals surface area contributed by atoms with Crippen LogP contribution in [0.3, 0.4) is 0 Å². The molecule has 5 aliphatic carbocycles. The molecule has 0 saturated heterocycles. The number of aliphatic hydroxyl groups excluding tert-OH is 1. The number of fused-ring (bicyclic) bond motifs is 7. The molecule has 0 aromatic carbocycles. The maximum Gasteiger partial charge on any atom is 0.310 e. The van der Waals surface area contributed by atoms with E-state index >= 15 is 0 Å². The van der Waals surface area contributed by atoms with Crippen molar-refractivity contribution in [2.45, 2.75) is 79.1 Å². The Morgan fingerprint density at radius 1 is 1.12 bits per heavy atom. The third kappa shape index (κ3) is 2.39. The summed E-state index contributed by atoms with van der Waals surface area (Å²) in [5, 5.41) is 20.8. The number of carboxylic acids is 1. The summed E-state index contributed by atoms with van der Waals surface area (Å²) in [5.41, 5.74) is 3.29. The van der Waals surface area contributed by atoms with Crippen molar-refractivity contribution >= 4 is 11.8 Å². The first-order chi connectivity index (χ1) is 14.9. The molecule has 0 spiro atoms. The van der Waals surface area contributed by atoms with Crippen LogP contribution in [0.2, 0.25) is 0 Å². The summed E-state index contributed by atoms with van der Waals surface area (Å²) in [6.07, 6.45) is 10.8. The van der Waals surface area contributed by atoms with Gasteiger partial charge < -0.3 is 10.2 Å². The number of hydrogen-bond acceptors (Lipinski definition) is 3. The lowest BCUT2D eigenvalue weighted by molar-refractivity contribution is -0.161. The van der Waals surface area contributed by atoms with E-state index < -0.39 is 11.4 Å². The Balaban J connectivity index is 1.65. The molecular weight excluding hydrogens is 400 g/mol. The second-order valence-corrected chi connectivity index (χ2v) is 11.9. The molecule has 0 bridgehead atoms. The minimum absolute atomic E-state index is 0.0288. The largest absolute Gasteiger partial charge is 0.504 e. The van der Waals surface area contributed by atoms with E-state index in [0.29, 0.717) is 18.4 Å². The molecule has 2 unspecified atom stereocenters. The standard InChI is InChI=1S/C28H36O4/c1-16-8-11-28(24(31)32)13-12-26(4)19(20(28)14-16)6-7-22-25(3)15-21(29)23(30)17(2)18(25)9-10-27(22,26)5/h6,15,20,22,29H,1,7-14H2,2-5H3,(H,31,32)/t20?,22?,25-,26+,27+,28-/m0/s1. The van der Waals surface area contributed by atoms with Gasteiger partial charge in [-0.1, -0.05) is 50.1 Å². The van der Waals surface area contributed by atoms with Crippen LogP contribution in [0.25, 0.3) is 0 Å². The van der Waals surface area contributed by atoms with Crippen molar-refractivity contribution in [2.24, 2.45) is 33.5 Å². The second-order valence-electron chi connectivity index (χ2n) is 11.9. The van der Waals surface area contributed by atoms with Crippen LogP contribution in [0.1, 0.15) is 79.1 Å². The number of carbonyl (C=O) groups is 2. The second kappa shape index (κ2) is 6.48. The number of Topliss-reactive ketones (excluding diaryl/α,β-unsaturated/α-hetero) is 1. The molecule has 2 N–H and O–H groups in total. The first-order valence-corrected chi connectivity index (χ1v) is 12.2. The van der Waals surface area contributed by atoms with E-state index in [0.717, 1.165) is 38.5 Å². The Hall–Kier alpha value is -2.10. The molecule has 0 aromatic rings. The average molecular weight is 437 g/mol. The van der Waals surface area contributed by atoms with Gasteiger partial charge in [0.25, 0.3) is 0 Å². The van der Waals surface area contributed by atoms with Crippen LogP contribution in [0, 0.1) is 33.5 Å². The highest BCUT2D eigenvalue weighted by molar-refractivity contribution is 6.08. The van der Waals surface area contributed by atoms with Crippen LogP contribution in [-0.4, -0.2) is 22.0 Å². The van der Waals surface area contributed by atoms with Gasteiger partial charge in [-0.05, 0) is 81.1 Å². The van der Waals surface area contributed by atoms with Crippen molar-refractivity contribution < 1.29 is 19.8 Å². The van der Waals surface area contributed by atoms with Crippen LogP contribution >= 0.6 is 0 Å². The molecule has 0 heterocycles. The number of rotatable bonds is 1. The lowest BCUT2D eigenvalue weighted by atomic mass is 9.36. The summed E-state index contributed by atoms with van der Waals surface area (Å²) < 4.78 is 0. The van der Waals surface area contributed by atoms with Crippen LogP contribution < -0.4 is 0 Å². The first kappa shape index (κ1) is 21.7. The zero-order chi connectivity index (χ0) is 23.3. The lowest BCUT2D eigenvalue weighted by Gasteiger charge is -2.67. The zero-order valence-electron chi connectivity index (χ0n) is 19.9. The van der Waals surface area contributed by atoms with Crippen molar-refractivity contribution in [3.8, 4) is 0 Å². The minimum atomic E-state index is -0.661. The van der Waals surface area contributed by atoms with E-state index in [1.165, 1.54) is 16.7 Å². The number of aliphatic hydroxyl groups is 1. The monoisotopic (exact) mass is 436 g/mol. The molecule has 0 radical (unpaired) electrons. The molecule has 4 heteroatoms. The fourth-order valence-corrected chi connectivity index (χ4v) is 8.78. The number of carbonyl (C=O) groups excluding carboxylic acids is 1. The highest BCUT2D eigenvalue weighted by Crippen LogP contribution is 2.73. The molecule has 0 amide bonds. The van der Waals surface area contributed by atoms with Gasteiger partial charge in [0, 0.05) is 16.9 Å². The van der Waals surface area contributed by atoms with Crippen LogP contribution in [-0.2, 0) is 9.59 Å². The Kier molecular flexibility index (Phi) is 4.40. The van der Waals surface area contributed by atoms with Crippen molar-refractivity contribution in [3.05, 3.63) is 46.8 Å². The molecule has 4 nitrogen and oxygen atoms in total. The molecular formula is C28H36O4. The molecule has 3 saturated carbocycles. The summed E-state index contributed by atoms with van der Waals surface area (Å²) in [7, 11) is 0. The number of hydrogen-bond donors (Lipinski definition) is 2. The fraction of sp³-hybridized carbons (Fsp3) is 0.643. The molecule has 172 valence electrons. The van der Waals surface area contributed by atoms with Gasteiger partial charge in [0.05, 0.1) is 5.41 Å². The number of allylic oxidation sites excluding steroid dienone is 6. The fourth-order valence-electron chi connectivity index (χ4n) is 8.78. The van der Waals surface area contributed by atoms with Gasteiger partial charge in [-0.15, -0.1) is 0 Å². The van der Waals surface area contributed by atoms with Crippen LogP contribution in [0.4, 0.5) is 0 Å². The molecule has 3 fully saturated rings. The highest BCUT2D eigenvalue weighted by Gasteiger charge is 2.66. The van der Waals surface area contributed by atoms with Gasteiger partial charge in [0.2, 0.25) is 5.78 Å². The molecule has 5 rings (SSSR count). The van der Waals surface area contributed by atoms with Gasteiger partial charge in [-0.3, -0.25) is 9.59 Å². The molecule has 6 atom stereocenters. The van der Waals surface area contributed by atoms with E-state index in [2.05, 4.69) is 33.4 Å². The Bertz CT molecular complexity index is 1040. The number of aliphatic carboxylic acids is 1. The third-order valence-electron chi connectivity index (χ3n) is 10.9. The van der Waals surface area contributed by atoms with Crippen molar-refractivity contribution in [1.82, 2.24) is 0 Å². The smallest absolute Gasteiger partial charge is 0.310 e. The lowest BCUT2D eigenvalue weighted by Crippen LogP contribution is -2.60. The SMILES string of the molecule is C=C1CC[C@]2(C(=O)O)CC[C@]3(C)C(=CCC4[C@@]5(C)C=C(O)C(=O)C(C)=C5CC[C@]43C)C2C1. The predicted molar refractivity (Wildman–Crippen MR) is 124 cm³/mol. The quantitative estimate of drug-likeness (QED) is 0.473. The summed E-state index contributed by atoms with van der Waals surface area (Å²) in [5.74, 6) is -0.692. The van der Waals surface area contributed by atoms with Gasteiger partial charge in [0.1, 0.15) is 0 Å². The normalized spacial score (nSPS) is 45.8. The maximum atomic E-state index is 12.6. The molecule has 0 aliphatic heterocycles. The van der Waals surface area contributed by atoms with Gasteiger partial charge in [-0.2, -0.15) is 0 Å². The number of carboxylic acid groups (broad SMARTS) is 1. The zero-order valence-corrected chi connectivity index (χ0v) is 19.9. The average Bonchev–Trinajstić information content (AvgIpc) is 2.72. The first-order valence-electron chi connectivity index (χ1n) is 12.2. The Morgan fingerprint density at radius 3 is 2.53 bits per heavy atom. The summed E-state index contributed by atoms with van der Waals surface area (Å²) >= 11 is 0. The van der Waals surface area contributed by atoms with E-state index in [1.54, 1.807) is 0 Å². The van der Waals surface area contributed by atoms with Crippen LogP contribution in [0.5, 0.6) is 0 Å². The molecule has 0 aromatic heterocycles. The molecule has 5 aliphatic rings.